The number of aromatic nitrogens is 1. The monoisotopic (exact) mass is 435 g/mol. The molecule has 1 N–H and O–H groups in total. The van der Waals surface area contributed by atoms with Crippen LogP contribution in [0.25, 0.3) is 5.69 Å². The van der Waals surface area contributed by atoms with Crippen LogP contribution in [0.15, 0.2) is 48.0 Å². The zero-order valence-electron chi connectivity index (χ0n) is 18.2. The van der Waals surface area contributed by atoms with Crippen LogP contribution in [0.4, 0.5) is 5.69 Å². The molecule has 162 valence electrons. The number of benzene rings is 1. The number of anilines is 1. The molecule has 5 nitrogen and oxygen atoms in total. The van der Waals surface area contributed by atoms with E-state index in [-0.39, 0.29) is 11.1 Å². The SMILES string of the molecule is COc1ccc2c(c1)NC1(COC3(CCN(Cc4sccc4C)CC3)C1)c1cccn1-2. The predicted octanol–water partition coefficient (Wildman–Crippen LogP) is 4.93. The minimum Gasteiger partial charge on any atom is -0.497 e. The van der Waals surface area contributed by atoms with Gasteiger partial charge in [0.25, 0.3) is 0 Å². The van der Waals surface area contributed by atoms with Gasteiger partial charge in [0.15, 0.2) is 0 Å². The van der Waals surface area contributed by atoms with Crippen molar-refractivity contribution < 1.29 is 9.47 Å². The van der Waals surface area contributed by atoms with Crippen LogP contribution >= 0.6 is 11.3 Å². The Hall–Kier alpha value is -2.28. The van der Waals surface area contributed by atoms with E-state index in [9.17, 15) is 0 Å². The van der Waals surface area contributed by atoms with Crippen molar-refractivity contribution in [1.29, 1.82) is 0 Å². The van der Waals surface area contributed by atoms with Gasteiger partial charge in [-0.25, -0.2) is 0 Å². The van der Waals surface area contributed by atoms with Gasteiger partial charge in [0.2, 0.25) is 0 Å². The Morgan fingerprint density at radius 1 is 1.19 bits per heavy atom. The van der Waals surface area contributed by atoms with Gasteiger partial charge in [0.05, 0.1) is 36.4 Å². The van der Waals surface area contributed by atoms with E-state index in [0.717, 1.165) is 50.3 Å². The van der Waals surface area contributed by atoms with E-state index in [2.05, 4.69) is 63.6 Å². The molecule has 0 bridgehead atoms. The molecule has 2 spiro atoms. The van der Waals surface area contributed by atoms with Crippen molar-refractivity contribution in [2.45, 2.75) is 43.9 Å². The number of nitrogens with one attached hydrogen (secondary N) is 1. The van der Waals surface area contributed by atoms with Crippen LogP contribution in [0.1, 0.15) is 35.4 Å². The van der Waals surface area contributed by atoms with E-state index >= 15 is 0 Å². The topological polar surface area (TPSA) is 38.7 Å². The molecule has 1 aromatic carbocycles. The van der Waals surface area contributed by atoms with Gasteiger partial charge in [-0.2, -0.15) is 0 Å². The molecule has 6 heteroatoms. The summed E-state index contributed by atoms with van der Waals surface area (Å²) in [6, 6.07) is 12.9. The third-order valence-electron chi connectivity index (χ3n) is 7.43. The first-order chi connectivity index (χ1) is 15.1. The van der Waals surface area contributed by atoms with Crippen molar-refractivity contribution in [1.82, 2.24) is 9.47 Å². The Bertz CT molecular complexity index is 1110. The molecule has 2 saturated heterocycles. The molecule has 0 saturated carbocycles. The number of hydrogen-bond acceptors (Lipinski definition) is 5. The number of ether oxygens (including phenoxy) is 2. The second-order valence-corrected chi connectivity index (χ2v) is 10.3. The Balaban J connectivity index is 1.23. The first-order valence-corrected chi connectivity index (χ1v) is 12.0. The van der Waals surface area contributed by atoms with Gasteiger partial charge in [-0.3, -0.25) is 4.90 Å². The average molecular weight is 436 g/mol. The molecule has 1 atom stereocenters. The summed E-state index contributed by atoms with van der Waals surface area (Å²) in [5.74, 6) is 0.878. The van der Waals surface area contributed by atoms with Crippen molar-refractivity contribution in [2.24, 2.45) is 0 Å². The van der Waals surface area contributed by atoms with Crippen molar-refractivity contribution in [2.75, 3.05) is 32.1 Å². The second kappa shape index (κ2) is 7.12. The number of aryl methyl sites for hydroxylation is 1. The Kier molecular flexibility index (Phi) is 4.46. The maximum atomic E-state index is 6.65. The lowest BCUT2D eigenvalue weighted by Crippen LogP contribution is -2.46. The molecule has 2 aromatic heterocycles. The van der Waals surface area contributed by atoms with Gasteiger partial charge < -0.3 is 19.4 Å². The van der Waals surface area contributed by atoms with Gasteiger partial charge in [-0.1, -0.05) is 0 Å². The average Bonchev–Trinajstić information content (AvgIpc) is 3.51. The number of methoxy groups -OCH3 is 1. The summed E-state index contributed by atoms with van der Waals surface area (Å²) in [5.41, 5.74) is 4.79. The molecule has 0 aliphatic carbocycles. The van der Waals surface area contributed by atoms with E-state index in [0.29, 0.717) is 6.61 Å². The zero-order valence-corrected chi connectivity index (χ0v) is 19.0. The largest absolute Gasteiger partial charge is 0.497 e. The van der Waals surface area contributed by atoms with Gasteiger partial charge in [-0.05, 0) is 61.0 Å². The summed E-state index contributed by atoms with van der Waals surface area (Å²) in [6.45, 7) is 6.19. The molecule has 6 rings (SSSR count). The Morgan fingerprint density at radius 3 is 2.84 bits per heavy atom. The van der Waals surface area contributed by atoms with Gasteiger partial charge in [-0.15, -0.1) is 11.3 Å². The first-order valence-electron chi connectivity index (χ1n) is 11.1. The van der Waals surface area contributed by atoms with Crippen LogP contribution < -0.4 is 10.1 Å². The van der Waals surface area contributed by atoms with Crippen LogP contribution in [0.3, 0.4) is 0 Å². The molecular weight excluding hydrogens is 406 g/mol. The molecular formula is C25H29N3O2S. The third kappa shape index (κ3) is 3.12. The summed E-state index contributed by atoms with van der Waals surface area (Å²) in [5, 5.41) is 6.08. The summed E-state index contributed by atoms with van der Waals surface area (Å²) >= 11 is 1.88. The summed E-state index contributed by atoms with van der Waals surface area (Å²) in [6.07, 6.45) is 5.35. The predicted molar refractivity (Wildman–Crippen MR) is 124 cm³/mol. The maximum absolute atomic E-state index is 6.65. The fourth-order valence-electron chi connectivity index (χ4n) is 5.64. The van der Waals surface area contributed by atoms with Crippen LogP contribution in [0.5, 0.6) is 5.75 Å². The van der Waals surface area contributed by atoms with Crippen LogP contribution in [0, 0.1) is 6.92 Å². The highest BCUT2D eigenvalue weighted by atomic mass is 32.1. The molecule has 3 aliphatic rings. The fourth-order valence-corrected chi connectivity index (χ4v) is 6.58. The molecule has 1 unspecified atom stereocenters. The highest BCUT2D eigenvalue weighted by molar-refractivity contribution is 7.10. The standard InChI is InChI=1S/C25H29N3O2S/c1-18-7-13-31-22(18)15-27-11-8-24(9-12-27)16-25(17-30-24)23-4-3-10-28(23)21-6-5-19(29-2)14-20(21)26-25/h3-7,10,13-14,26H,8-9,11-12,15-17H2,1-2H3. The lowest BCUT2D eigenvalue weighted by atomic mass is 9.79. The zero-order chi connectivity index (χ0) is 21.1. The normalized spacial score (nSPS) is 24.2. The smallest absolute Gasteiger partial charge is 0.121 e. The van der Waals surface area contributed by atoms with Gasteiger partial charge >= 0.3 is 0 Å². The maximum Gasteiger partial charge on any atom is 0.121 e. The lowest BCUT2D eigenvalue weighted by molar-refractivity contribution is -0.0450. The Labute approximate surface area is 187 Å². The molecule has 3 aliphatic heterocycles. The summed E-state index contributed by atoms with van der Waals surface area (Å²) in [4.78, 5) is 4.09. The van der Waals surface area contributed by atoms with Gasteiger partial charge in [0, 0.05) is 43.2 Å². The highest BCUT2D eigenvalue weighted by Crippen LogP contribution is 2.50. The Morgan fingerprint density at radius 2 is 2.06 bits per heavy atom. The van der Waals surface area contributed by atoms with Crippen molar-refractivity contribution in [3.8, 4) is 11.4 Å². The number of rotatable bonds is 3. The van der Waals surface area contributed by atoms with Crippen molar-refractivity contribution in [3.05, 3.63) is 64.1 Å². The molecule has 0 radical (unpaired) electrons. The quantitative estimate of drug-likeness (QED) is 0.633. The molecule has 0 amide bonds. The minimum absolute atomic E-state index is 0.0422. The van der Waals surface area contributed by atoms with E-state index in [4.69, 9.17) is 9.47 Å². The summed E-state index contributed by atoms with van der Waals surface area (Å²) in [7, 11) is 1.72. The van der Waals surface area contributed by atoms with Crippen molar-refractivity contribution >= 4 is 17.0 Å². The molecule has 31 heavy (non-hydrogen) atoms. The third-order valence-corrected chi connectivity index (χ3v) is 8.44. The lowest BCUT2D eigenvalue weighted by Gasteiger charge is -2.41. The fraction of sp³-hybridized carbons (Fsp3) is 0.440. The number of fused-ring (bicyclic) bond motifs is 4. The van der Waals surface area contributed by atoms with E-state index in [1.165, 1.54) is 21.8 Å². The second-order valence-electron chi connectivity index (χ2n) is 9.31. The summed E-state index contributed by atoms with van der Waals surface area (Å²) < 4.78 is 14.5. The molecule has 2 fully saturated rings. The minimum atomic E-state index is -0.185. The van der Waals surface area contributed by atoms with E-state index < -0.39 is 0 Å². The molecule has 5 heterocycles. The number of nitrogens with zero attached hydrogens (tertiary/aromatic N) is 2. The van der Waals surface area contributed by atoms with E-state index in [1.54, 1.807) is 7.11 Å². The highest BCUT2D eigenvalue weighted by Gasteiger charge is 2.53. The first kappa shape index (κ1) is 19.4. The molecule has 3 aromatic rings. The van der Waals surface area contributed by atoms with Gasteiger partial charge in [0.1, 0.15) is 11.3 Å². The number of likely N-dealkylation sites (tertiary alicyclic amines) is 1. The number of hydrogen-bond donors (Lipinski definition) is 1. The number of thiophene rings is 1. The number of piperidine rings is 1. The van der Waals surface area contributed by atoms with Crippen LogP contribution in [-0.4, -0.2) is 41.9 Å². The van der Waals surface area contributed by atoms with Crippen LogP contribution in [-0.2, 0) is 16.8 Å². The van der Waals surface area contributed by atoms with Crippen molar-refractivity contribution in [3.63, 3.8) is 0 Å². The van der Waals surface area contributed by atoms with Crippen LogP contribution in [0.2, 0.25) is 0 Å². The van der Waals surface area contributed by atoms with E-state index in [1.807, 2.05) is 17.4 Å².